The Hall–Kier alpha value is 0.0300. The van der Waals surface area contributed by atoms with Crippen LogP contribution in [0.4, 0.5) is 19.4 Å². The molecular formula is C5H8ClF5S. The fourth-order valence-corrected chi connectivity index (χ4v) is 2.25. The summed E-state index contributed by atoms with van der Waals surface area (Å²) in [5.74, 6) is -2.23. The van der Waals surface area contributed by atoms with Crippen molar-refractivity contribution < 1.29 is 19.4 Å². The molecule has 76 valence electrons. The van der Waals surface area contributed by atoms with Crippen molar-refractivity contribution in [1.82, 2.24) is 0 Å². The summed E-state index contributed by atoms with van der Waals surface area (Å²) in [4.78, 5) is 0. The molecule has 0 heterocycles. The summed E-state index contributed by atoms with van der Waals surface area (Å²) >= 11 is 5.00. The van der Waals surface area contributed by atoms with Crippen LogP contribution in [-0.2, 0) is 0 Å². The molecule has 0 amide bonds. The number of hydrogen-bond donors (Lipinski definition) is 0. The summed E-state index contributed by atoms with van der Waals surface area (Å²) in [5, 5.41) is -1.63. The van der Waals surface area contributed by atoms with E-state index in [1.807, 2.05) is 0 Å². The third-order valence-corrected chi connectivity index (χ3v) is 2.47. The molecule has 0 aliphatic heterocycles. The third kappa shape index (κ3) is 8.13. The molecule has 0 spiro atoms. The fraction of sp³-hybridized carbons (Fsp3) is 0.600. The molecule has 7 heteroatoms. The highest BCUT2D eigenvalue weighted by molar-refractivity contribution is 8.45. The van der Waals surface area contributed by atoms with Crippen molar-refractivity contribution >= 4 is 21.8 Å². The zero-order valence-corrected chi connectivity index (χ0v) is 7.52. The standard InChI is InChI=1S/C5H8ClF5S/c1-2-3-5(6)4-12(7,8,9,10)11/h2,5H,1,3-4H2. The van der Waals surface area contributed by atoms with Crippen molar-refractivity contribution in [2.75, 3.05) is 5.75 Å². The molecule has 0 aromatic heterocycles. The minimum Gasteiger partial charge on any atom is -0.121 e. The Morgan fingerprint density at radius 2 is 1.67 bits per heavy atom. The van der Waals surface area contributed by atoms with Gasteiger partial charge in [-0.1, -0.05) is 25.5 Å². The van der Waals surface area contributed by atoms with Gasteiger partial charge in [-0.25, -0.2) is 0 Å². The van der Waals surface area contributed by atoms with Gasteiger partial charge in [0, 0.05) is 0 Å². The van der Waals surface area contributed by atoms with Gasteiger partial charge in [0.1, 0.15) is 5.75 Å². The first-order valence-electron chi connectivity index (χ1n) is 2.91. The Bertz CT molecular complexity index is 181. The van der Waals surface area contributed by atoms with Crippen LogP contribution < -0.4 is 0 Å². The minimum absolute atomic E-state index is 0.285. The fourth-order valence-electron chi connectivity index (χ4n) is 0.591. The maximum atomic E-state index is 11.7. The van der Waals surface area contributed by atoms with Gasteiger partial charge in [-0.15, -0.1) is 18.2 Å². The Kier molecular flexibility index (Phi) is 2.52. The molecule has 1 unspecified atom stereocenters. The maximum absolute atomic E-state index is 11.7. The second kappa shape index (κ2) is 2.51. The van der Waals surface area contributed by atoms with E-state index in [-0.39, 0.29) is 6.42 Å². The molecule has 12 heavy (non-hydrogen) atoms. The average molecular weight is 231 g/mol. The van der Waals surface area contributed by atoms with Crippen molar-refractivity contribution in [3.05, 3.63) is 12.7 Å². The highest BCUT2D eigenvalue weighted by atomic mass is 35.5. The summed E-state index contributed by atoms with van der Waals surface area (Å²) in [6, 6.07) is 0. The largest absolute Gasteiger partial charge is 0.287 e. The van der Waals surface area contributed by atoms with Crippen molar-refractivity contribution in [3.63, 3.8) is 0 Å². The second-order valence-electron chi connectivity index (χ2n) is 2.42. The molecule has 0 nitrogen and oxygen atoms in total. The lowest BCUT2D eigenvalue weighted by Crippen LogP contribution is -2.19. The molecule has 0 radical (unpaired) electrons. The number of hydrogen-bond acceptors (Lipinski definition) is 0. The third-order valence-electron chi connectivity index (χ3n) is 0.918. The monoisotopic (exact) mass is 230 g/mol. The normalized spacial score (nSPS) is 20.8. The molecule has 0 rings (SSSR count). The van der Waals surface area contributed by atoms with E-state index in [0.717, 1.165) is 6.08 Å². The predicted octanol–water partition coefficient (Wildman–Crippen LogP) is 4.47. The van der Waals surface area contributed by atoms with Crippen LogP contribution in [-0.4, -0.2) is 11.1 Å². The van der Waals surface area contributed by atoms with Gasteiger partial charge >= 0.3 is 0 Å². The highest BCUT2D eigenvalue weighted by Gasteiger charge is 2.63. The van der Waals surface area contributed by atoms with Crippen molar-refractivity contribution in [1.29, 1.82) is 0 Å². The Morgan fingerprint density at radius 3 is 1.92 bits per heavy atom. The first-order valence-corrected chi connectivity index (χ1v) is 5.47. The van der Waals surface area contributed by atoms with Crippen LogP contribution in [0.15, 0.2) is 12.7 Å². The number of alkyl halides is 1. The van der Waals surface area contributed by atoms with E-state index >= 15 is 0 Å². The minimum atomic E-state index is -9.32. The SMILES string of the molecule is C=CCC(Cl)CS(F)(F)(F)(F)F. The van der Waals surface area contributed by atoms with Crippen molar-refractivity contribution in [2.24, 2.45) is 0 Å². The molecule has 0 saturated heterocycles. The van der Waals surface area contributed by atoms with Crippen molar-refractivity contribution in [2.45, 2.75) is 11.8 Å². The molecule has 0 aromatic carbocycles. The topological polar surface area (TPSA) is 0 Å². The van der Waals surface area contributed by atoms with Gasteiger partial charge in [-0.2, -0.15) is 0 Å². The molecule has 0 aliphatic carbocycles. The van der Waals surface area contributed by atoms with Crippen LogP contribution in [0.25, 0.3) is 0 Å². The Balaban J connectivity index is 4.36. The van der Waals surface area contributed by atoms with E-state index in [2.05, 4.69) is 6.58 Å². The van der Waals surface area contributed by atoms with E-state index < -0.39 is 21.4 Å². The summed E-state index contributed by atoms with van der Waals surface area (Å²) in [6.07, 6.45) is 0.786. The zero-order valence-electron chi connectivity index (χ0n) is 5.95. The van der Waals surface area contributed by atoms with Crippen LogP contribution in [0, 0.1) is 0 Å². The van der Waals surface area contributed by atoms with Gasteiger partial charge in [-0.3, -0.25) is 0 Å². The van der Waals surface area contributed by atoms with Crippen LogP contribution in [0.1, 0.15) is 6.42 Å². The van der Waals surface area contributed by atoms with Crippen molar-refractivity contribution in [3.8, 4) is 0 Å². The Morgan fingerprint density at radius 1 is 1.25 bits per heavy atom. The molecule has 0 fully saturated rings. The first kappa shape index (κ1) is 12.0. The summed E-state index contributed by atoms with van der Waals surface area (Å²) < 4.78 is 58.4. The molecule has 0 aliphatic rings. The smallest absolute Gasteiger partial charge is 0.121 e. The van der Waals surface area contributed by atoms with Crippen LogP contribution in [0.2, 0.25) is 0 Å². The van der Waals surface area contributed by atoms with Crippen LogP contribution >= 0.6 is 21.8 Å². The van der Waals surface area contributed by atoms with E-state index in [0.29, 0.717) is 0 Å². The van der Waals surface area contributed by atoms with Gasteiger partial charge in [0.05, 0.1) is 5.38 Å². The first-order chi connectivity index (χ1) is 4.93. The lowest BCUT2D eigenvalue weighted by atomic mass is 10.3. The number of halogens is 6. The predicted molar refractivity (Wildman–Crippen MR) is 42.5 cm³/mol. The Labute approximate surface area is 72.1 Å². The van der Waals surface area contributed by atoms with Crippen LogP contribution in [0.3, 0.4) is 0 Å². The maximum Gasteiger partial charge on any atom is 0.287 e. The molecule has 1 atom stereocenters. The summed E-state index contributed by atoms with van der Waals surface area (Å²) in [5.41, 5.74) is 0. The zero-order chi connectivity index (χ0) is 10.1. The van der Waals surface area contributed by atoms with Gasteiger partial charge in [0.15, 0.2) is 0 Å². The average Bonchev–Trinajstić information content (AvgIpc) is 1.54. The second-order valence-corrected chi connectivity index (χ2v) is 5.63. The molecule has 0 N–H and O–H groups in total. The lowest BCUT2D eigenvalue weighted by molar-refractivity contribution is 0.363. The number of rotatable bonds is 4. The van der Waals surface area contributed by atoms with E-state index in [9.17, 15) is 19.4 Å². The van der Waals surface area contributed by atoms with Gasteiger partial charge in [-0.05, 0) is 6.42 Å². The molecule has 0 saturated carbocycles. The van der Waals surface area contributed by atoms with Gasteiger partial charge < -0.3 is 0 Å². The molecule has 0 aromatic rings. The highest BCUT2D eigenvalue weighted by Crippen LogP contribution is 2.98. The molecular weight excluding hydrogens is 223 g/mol. The quantitative estimate of drug-likeness (QED) is 0.380. The van der Waals surface area contributed by atoms with E-state index in [4.69, 9.17) is 11.6 Å². The molecule has 0 bridgehead atoms. The van der Waals surface area contributed by atoms with E-state index in [1.165, 1.54) is 0 Å². The summed E-state index contributed by atoms with van der Waals surface area (Å²) in [6.45, 7) is 3.09. The van der Waals surface area contributed by atoms with E-state index in [1.54, 1.807) is 0 Å². The summed E-state index contributed by atoms with van der Waals surface area (Å²) in [7, 11) is -9.32. The van der Waals surface area contributed by atoms with Gasteiger partial charge in [0.25, 0.3) is 10.2 Å². The van der Waals surface area contributed by atoms with Crippen LogP contribution in [0.5, 0.6) is 0 Å². The van der Waals surface area contributed by atoms with Gasteiger partial charge in [0.2, 0.25) is 0 Å². The number of allylic oxidation sites excluding steroid dienone is 1. The lowest BCUT2D eigenvalue weighted by Gasteiger charge is -2.41.